The van der Waals surface area contributed by atoms with Crippen LogP contribution in [0.1, 0.15) is 39.0 Å². The molecule has 2 fully saturated rings. The number of nitrogens with zero attached hydrogens (tertiary/aromatic N) is 1. The van der Waals surface area contributed by atoms with E-state index in [1.54, 1.807) is 0 Å². The zero-order valence-corrected chi connectivity index (χ0v) is 15.6. The first-order chi connectivity index (χ1) is 13.2. The van der Waals surface area contributed by atoms with Crippen LogP contribution in [0.5, 0.6) is 0 Å². The van der Waals surface area contributed by atoms with E-state index in [0.717, 1.165) is 6.42 Å². The maximum atomic E-state index is 12.9. The lowest BCUT2D eigenvalue weighted by atomic mass is 10.1. The summed E-state index contributed by atoms with van der Waals surface area (Å²) in [5.74, 6) is -4.17. The van der Waals surface area contributed by atoms with Crippen LogP contribution in [0.25, 0.3) is 0 Å². The van der Waals surface area contributed by atoms with Crippen LogP contribution in [-0.2, 0) is 24.0 Å². The molecule has 0 spiro atoms. The van der Waals surface area contributed by atoms with E-state index < -0.39 is 60.2 Å². The first kappa shape index (κ1) is 21.6. The van der Waals surface area contributed by atoms with Crippen molar-refractivity contribution >= 4 is 29.7 Å². The topological polar surface area (TPSA) is 165 Å². The molecule has 0 bridgehead atoms. The van der Waals surface area contributed by atoms with Gasteiger partial charge in [-0.3, -0.25) is 24.0 Å². The Morgan fingerprint density at radius 1 is 1.07 bits per heavy atom. The Hall–Kier alpha value is -2.69. The van der Waals surface area contributed by atoms with E-state index in [-0.39, 0.29) is 6.54 Å². The lowest BCUT2D eigenvalue weighted by molar-refractivity contribution is -0.147. The lowest BCUT2D eigenvalue weighted by Gasteiger charge is -2.29. The molecule has 11 heteroatoms. The van der Waals surface area contributed by atoms with Crippen molar-refractivity contribution in [2.45, 2.75) is 63.2 Å². The number of carboxylic acid groups (broad SMARTS) is 2. The monoisotopic (exact) mass is 398 g/mol. The summed E-state index contributed by atoms with van der Waals surface area (Å²) < 4.78 is 0. The van der Waals surface area contributed by atoms with Crippen molar-refractivity contribution in [3.05, 3.63) is 0 Å². The van der Waals surface area contributed by atoms with Crippen LogP contribution in [0, 0.1) is 0 Å². The molecular formula is C17H26N4O7. The quantitative estimate of drug-likeness (QED) is 0.322. The smallest absolute Gasteiger partial charge is 0.325 e. The van der Waals surface area contributed by atoms with Crippen LogP contribution in [0.2, 0.25) is 0 Å². The van der Waals surface area contributed by atoms with E-state index in [1.165, 1.54) is 11.8 Å². The summed E-state index contributed by atoms with van der Waals surface area (Å²) in [6.07, 6.45) is 1.66. The zero-order valence-electron chi connectivity index (χ0n) is 15.6. The molecule has 4 unspecified atom stereocenters. The van der Waals surface area contributed by atoms with Crippen molar-refractivity contribution < 1.29 is 34.2 Å². The molecule has 0 aromatic rings. The Kier molecular flexibility index (Phi) is 7.32. The normalized spacial score (nSPS) is 23.7. The highest BCUT2D eigenvalue weighted by Gasteiger charge is 2.39. The Labute approximate surface area is 161 Å². The molecule has 0 saturated carbocycles. The van der Waals surface area contributed by atoms with E-state index in [4.69, 9.17) is 10.2 Å². The number of hydrogen-bond donors (Lipinski definition) is 5. The second kappa shape index (κ2) is 9.49. The molecule has 11 nitrogen and oxygen atoms in total. The van der Waals surface area contributed by atoms with E-state index in [1.807, 2.05) is 0 Å². The summed E-state index contributed by atoms with van der Waals surface area (Å²) in [4.78, 5) is 60.9. The number of rotatable bonds is 8. The van der Waals surface area contributed by atoms with Crippen LogP contribution in [-0.4, -0.2) is 82.0 Å². The lowest BCUT2D eigenvalue weighted by Crippen LogP contribution is -2.56. The third-order valence-corrected chi connectivity index (χ3v) is 4.94. The Bertz CT molecular complexity index is 647. The van der Waals surface area contributed by atoms with Gasteiger partial charge in [0, 0.05) is 6.54 Å². The SMILES string of the molecule is CC(NC(=O)C1CCCN1C(=O)C(CC(=O)O)NC(=O)C1CCCN1)C(=O)O. The van der Waals surface area contributed by atoms with E-state index in [9.17, 15) is 24.0 Å². The van der Waals surface area contributed by atoms with Crippen molar-refractivity contribution in [3.8, 4) is 0 Å². The minimum atomic E-state index is -1.29. The van der Waals surface area contributed by atoms with Crippen molar-refractivity contribution in [2.75, 3.05) is 13.1 Å². The zero-order chi connectivity index (χ0) is 20.8. The highest BCUT2D eigenvalue weighted by Crippen LogP contribution is 2.20. The number of carbonyl (C=O) groups is 5. The van der Waals surface area contributed by atoms with Gasteiger partial charge >= 0.3 is 11.9 Å². The highest BCUT2D eigenvalue weighted by molar-refractivity contribution is 5.96. The van der Waals surface area contributed by atoms with Gasteiger partial charge in [0.2, 0.25) is 17.7 Å². The molecule has 28 heavy (non-hydrogen) atoms. The van der Waals surface area contributed by atoms with Gasteiger partial charge in [0.15, 0.2) is 0 Å². The third kappa shape index (κ3) is 5.41. The van der Waals surface area contributed by atoms with Crippen LogP contribution < -0.4 is 16.0 Å². The maximum Gasteiger partial charge on any atom is 0.325 e. The predicted molar refractivity (Wildman–Crippen MR) is 95.2 cm³/mol. The highest BCUT2D eigenvalue weighted by atomic mass is 16.4. The van der Waals surface area contributed by atoms with Crippen molar-refractivity contribution in [1.29, 1.82) is 0 Å². The fourth-order valence-electron chi connectivity index (χ4n) is 3.43. The molecule has 0 aliphatic carbocycles. The molecule has 2 heterocycles. The number of likely N-dealkylation sites (tertiary alicyclic amines) is 1. The van der Waals surface area contributed by atoms with Crippen molar-refractivity contribution in [2.24, 2.45) is 0 Å². The first-order valence-corrected chi connectivity index (χ1v) is 9.30. The van der Waals surface area contributed by atoms with Crippen LogP contribution in [0.4, 0.5) is 0 Å². The van der Waals surface area contributed by atoms with Gasteiger partial charge < -0.3 is 31.1 Å². The van der Waals surface area contributed by atoms with Crippen LogP contribution >= 0.6 is 0 Å². The maximum absolute atomic E-state index is 12.9. The average molecular weight is 398 g/mol. The van der Waals surface area contributed by atoms with Crippen LogP contribution in [0.3, 0.4) is 0 Å². The van der Waals surface area contributed by atoms with Gasteiger partial charge in [0.25, 0.3) is 0 Å². The number of carbonyl (C=O) groups excluding carboxylic acids is 3. The number of nitrogens with one attached hydrogen (secondary N) is 3. The Morgan fingerprint density at radius 2 is 1.79 bits per heavy atom. The predicted octanol–water partition coefficient (Wildman–Crippen LogP) is -1.72. The molecule has 2 saturated heterocycles. The minimum absolute atomic E-state index is 0.228. The Balaban J connectivity index is 2.08. The number of carboxylic acids is 2. The molecule has 156 valence electrons. The van der Waals surface area contributed by atoms with Crippen LogP contribution in [0.15, 0.2) is 0 Å². The molecule has 3 amide bonds. The molecule has 2 aliphatic rings. The Morgan fingerprint density at radius 3 is 2.36 bits per heavy atom. The van der Waals surface area contributed by atoms with Crippen molar-refractivity contribution in [3.63, 3.8) is 0 Å². The van der Waals surface area contributed by atoms with Gasteiger partial charge in [-0.25, -0.2) is 0 Å². The van der Waals surface area contributed by atoms with Gasteiger partial charge in [-0.2, -0.15) is 0 Å². The molecule has 5 N–H and O–H groups in total. The fourth-order valence-corrected chi connectivity index (χ4v) is 3.43. The summed E-state index contributed by atoms with van der Waals surface area (Å²) in [6.45, 7) is 2.21. The van der Waals surface area contributed by atoms with Crippen molar-refractivity contribution in [1.82, 2.24) is 20.9 Å². The molecule has 2 aliphatic heterocycles. The number of hydrogen-bond acceptors (Lipinski definition) is 6. The first-order valence-electron chi connectivity index (χ1n) is 9.30. The standard InChI is InChI=1S/C17H26N4O7/c1-9(17(27)28)19-15(25)12-5-3-7-21(12)16(26)11(8-13(22)23)20-14(24)10-4-2-6-18-10/h9-12,18H,2-8H2,1H3,(H,19,25)(H,20,24)(H,22,23)(H,27,28). The van der Waals surface area contributed by atoms with E-state index in [0.29, 0.717) is 25.8 Å². The molecule has 2 rings (SSSR count). The molecular weight excluding hydrogens is 372 g/mol. The average Bonchev–Trinajstić information content (AvgIpc) is 3.31. The molecule has 0 aromatic carbocycles. The molecule has 4 atom stereocenters. The van der Waals surface area contributed by atoms with Gasteiger partial charge in [0.05, 0.1) is 12.5 Å². The summed E-state index contributed by atoms with van der Waals surface area (Å²) in [7, 11) is 0. The van der Waals surface area contributed by atoms with E-state index in [2.05, 4.69) is 16.0 Å². The summed E-state index contributed by atoms with van der Waals surface area (Å²) in [6, 6.07) is -3.78. The second-order valence-electron chi connectivity index (χ2n) is 7.07. The molecule has 0 radical (unpaired) electrons. The van der Waals surface area contributed by atoms with Gasteiger partial charge in [-0.05, 0) is 39.2 Å². The van der Waals surface area contributed by atoms with Gasteiger partial charge in [-0.15, -0.1) is 0 Å². The second-order valence-corrected chi connectivity index (χ2v) is 7.07. The largest absolute Gasteiger partial charge is 0.481 e. The number of amides is 3. The minimum Gasteiger partial charge on any atom is -0.481 e. The van der Waals surface area contributed by atoms with E-state index >= 15 is 0 Å². The summed E-state index contributed by atoms with van der Waals surface area (Å²) >= 11 is 0. The molecule has 0 aromatic heterocycles. The van der Waals surface area contributed by atoms with Gasteiger partial charge in [-0.1, -0.05) is 0 Å². The number of aliphatic carboxylic acids is 2. The van der Waals surface area contributed by atoms with Gasteiger partial charge in [0.1, 0.15) is 18.1 Å². The summed E-state index contributed by atoms with van der Waals surface area (Å²) in [5.41, 5.74) is 0. The third-order valence-electron chi connectivity index (χ3n) is 4.94. The summed E-state index contributed by atoms with van der Waals surface area (Å²) in [5, 5.41) is 25.8. The fraction of sp³-hybridized carbons (Fsp3) is 0.706.